The van der Waals surface area contributed by atoms with Crippen LogP contribution in [0.4, 0.5) is 0 Å². The fraction of sp³-hybridized carbons (Fsp3) is 0.263. The largest absolute Gasteiger partial charge is 0.350 e. The van der Waals surface area contributed by atoms with Gasteiger partial charge in [-0.25, -0.2) is 8.42 Å². The summed E-state index contributed by atoms with van der Waals surface area (Å²) in [4.78, 5) is 16.6. The molecule has 0 fully saturated rings. The first-order valence-electron chi connectivity index (χ1n) is 8.40. The van der Waals surface area contributed by atoms with Gasteiger partial charge in [0.1, 0.15) is 5.84 Å². The number of nitrogens with one attached hydrogen (secondary N) is 2. The fourth-order valence-electron chi connectivity index (χ4n) is 2.98. The molecule has 7 heteroatoms. The van der Waals surface area contributed by atoms with Crippen molar-refractivity contribution in [2.75, 3.05) is 6.54 Å². The van der Waals surface area contributed by atoms with Crippen molar-refractivity contribution in [3.05, 3.63) is 65.2 Å². The minimum atomic E-state index is -3.55. The first kappa shape index (κ1) is 18.1. The molecule has 2 aromatic carbocycles. The molecule has 0 saturated carbocycles. The SMILES string of the molecule is Cc1ccccc1[C@@H](C)NC(=O)CCN=C1NS(=O)(=O)c2ccccc21. The van der Waals surface area contributed by atoms with Gasteiger partial charge in [0.05, 0.1) is 17.5 Å². The maximum atomic E-state index is 12.2. The zero-order chi connectivity index (χ0) is 18.7. The number of benzene rings is 2. The molecule has 0 saturated heterocycles. The Balaban J connectivity index is 1.61. The molecule has 1 aliphatic heterocycles. The zero-order valence-electron chi connectivity index (χ0n) is 14.7. The number of amidine groups is 1. The summed E-state index contributed by atoms with van der Waals surface area (Å²) in [7, 11) is -3.55. The van der Waals surface area contributed by atoms with Crippen LogP contribution in [-0.4, -0.2) is 26.7 Å². The number of aryl methyl sites for hydroxylation is 1. The maximum Gasteiger partial charge on any atom is 0.263 e. The molecule has 0 spiro atoms. The number of hydrogen-bond donors (Lipinski definition) is 2. The van der Waals surface area contributed by atoms with Gasteiger partial charge in [-0.05, 0) is 37.1 Å². The van der Waals surface area contributed by atoms with Gasteiger partial charge in [-0.15, -0.1) is 0 Å². The lowest BCUT2D eigenvalue weighted by atomic mass is 10.0. The standard InChI is InChI=1S/C19H21N3O3S/c1-13-7-3-4-8-15(13)14(2)21-18(23)11-12-20-19-16-9-5-6-10-17(16)26(24,25)22-19/h3-10,14H,11-12H2,1-2H3,(H,20,22)(H,21,23)/t14-/m1/s1. The summed E-state index contributed by atoms with van der Waals surface area (Å²) in [6.07, 6.45) is 0.184. The number of nitrogens with zero attached hydrogens (tertiary/aromatic N) is 1. The van der Waals surface area contributed by atoms with Crippen molar-refractivity contribution in [1.29, 1.82) is 0 Å². The van der Waals surface area contributed by atoms with Gasteiger partial charge in [0.25, 0.3) is 10.0 Å². The van der Waals surface area contributed by atoms with Gasteiger partial charge in [-0.3, -0.25) is 14.5 Å². The Labute approximate surface area is 153 Å². The predicted octanol–water partition coefficient (Wildman–Crippen LogP) is 2.30. The van der Waals surface area contributed by atoms with Crippen LogP contribution < -0.4 is 10.0 Å². The second-order valence-corrected chi connectivity index (χ2v) is 7.88. The lowest BCUT2D eigenvalue weighted by Crippen LogP contribution is -2.28. The van der Waals surface area contributed by atoms with Crippen LogP contribution in [0.3, 0.4) is 0 Å². The van der Waals surface area contributed by atoms with Crippen LogP contribution in [0, 0.1) is 6.92 Å². The van der Waals surface area contributed by atoms with Crippen LogP contribution in [0.5, 0.6) is 0 Å². The fourth-order valence-corrected chi connectivity index (χ4v) is 4.24. The average molecular weight is 371 g/mol. The molecule has 0 aromatic heterocycles. The molecule has 0 aliphatic carbocycles. The summed E-state index contributed by atoms with van der Waals surface area (Å²) in [5, 5.41) is 2.95. The molecule has 0 radical (unpaired) electrons. The van der Waals surface area contributed by atoms with Crippen molar-refractivity contribution in [2.45, 2.75) is 31.2 Å². The monoisotopic (exact) mass is 371 g/mol. The second kappa shape index (κ2) is 7.29. The number of carbonyl (C=O) groups excluding carboxylic acids is 1. The van der Waals surface area contributed by atoms with Gasteiger partial charge < -0.3 is 5.32 Å². The van der Waals surface area contributed by atoms with Crippen LogP contribution in [-0.2, 0) is 14.8 Å². The summed E-state index contributed by atoms with van der Waals surface area (Å²) < 4.78 is 26.5. The van der Waals surface area contributed by atoms with E-state index in [9.17, 15) is 13.2 Å². The first-order valence-corrected chi connectivity index (χ1v) is 9.88. The third-order valence-corrected chi connectivity index (χ3v) is 5.70. The molecule has 0 unspecified atom stereocenters. The summed E-state index contributed by atoms with van der Waals surface area (Å²) >= 11 is 0. The second-order valence-electron chi connectivity index (χ2n) is 6.23. The van der Waals surface area contributed by atoms with Crippen LogP contribution in [0.1, 0.15) is 36.1 Å². The van der Waals surface area contributed by atoms with Crippen molar-refractivity contribution in [1.82, 2.24) is 10.0 Å². The number of carbonyl (C=O) groups is 1. The number of sulfonamides is 1. The average Bonchev–Trinajstić information content (AvgIpc) is 2.86. The Morgan fingerprint density at radius 1 is 1.15 bits per heavy atom. The molecule has 1 heterocycles. The number of hydrogen-bond acceptors (Lipinski definition) is 4. The highest BCUT2D eigenvalue weighted by atomic mass is 32.2. The van der Waals surface area contributed by atoms with E-state index in [1.165, 1.54) is 6.07 Å². The highest BCUT2D eigenvalue weighted by molar-refractivity contribution is 7.90. The van der Waals surface area contributed by atoms with Gasteiger partial charge in [0.2, 0.25) is 5.91 Å². The molecule has 26 heavy (non-hydrogen) atoms. The van der Waals surface area contributed by atoms with E-state index in [1.54, 1.807) is 18.2 Å². The van der Waals surface area contributed by atoms with Gasteiger partial charge in [0, 0.05) is 12.0 Å². The highest BCUT2D eigenvalue weighted by Gasteiger charge is 2.29. The van der Waals surface area contributed by atoms with Gasteiger partial charge in [0.15, 0.2) is 0 Å². The molecule has 2 N–H and O–H groups in total. The number of fused-ring (bicyclic) bond motifs is 1. The number of aliphatic imine (C=N–C) groups is 1. The number of amides is 1. The Morgan fingerprint density at radius 2 is 1.85 bits per heavy atom. The first-order chi connectivity index (χ1) is 12.4. The van der Waals surface area contributed by atoms with E-state index in [0.29, 0.717) is 11.4 Å². The minimum Gasteiger partial charge on any atom is -0.350 e. The Bertz CT molecular complexity index is 967. The lowest BCUT2D eigenvalue weighted by Gasteiger charge is -2.16. The molecule has 1 amide bonds. The molecule has 136 valence electrons. The van der Waals surface area contributed by atoms with E-state index in [4.69, 9.17) is 0 Å². The zero-order valence-corrected chi connectivity index (χ0v) is 15.5. The third kappa shape index (κ3) is 3.77. The van der Waals surface area contributed by atoms with Crippen LogP contribution >= 0.6 is 0 Å². The van der Waals surface area contributed by atoms with Crippen LogP contribution in [0.25, 0.3) is 0 Å². The summed E-state index contributed by atoms with van der Waals surface area (Å²) in [6.45, 7) is 4.15. The predicted molar refractivity (Wildman–Crippen MR) is 101 cm³/mol. The van der Waals surface area contributed by atoms with E-state index in [-0.39, 0.29) is 29.8 Å². The quantitative estimate of drug-likeness (QED) is 0.845. The van der Waals surface area contributed by atoms with Crippen molar-refractivity contribution in [3.63, 3.8) is 0 Å². The van der Waals surface area contributed by atoms with Crippen molar-refractivity contribution in [2.24, 2.45) is 4.99 Å². The van der Waals surface area contributed by atoms with Crippen molar-refractivity contribution >= 4 is 21.8 Å². The maximum absolute atomic E-state index is 12.2. The Kier molecular flexibility index (Phi) is 5.08. The Morgan fingerprint density at radius 3 is 2.62 bits per heavy atom. The van der Waals surface area contributed by atoms with Crippen molar-refractivity contribution < 1.29 is 13.2 Å². The Hall–Kier alpha value is -2.67. The molecular formula is C19H21N3O3S. The molecular weight excluding hydrogens is 350 g/mol. The highest BCUT2D eigenvalue weighted by Crippen LogP contribution is 2.22. The van der Waals surface area contributed by atoms with E-state index >= 15 is 0 Å². The third-order valence-electron chi connectivity index (χ3n) is 4.30. The molecule has 1 aliphatic rings. The summed E-state index contributed by atoms with van der Waals surface area (Å²) in [6, 6.07) is 14.5. The molecule has 1 atom stereocenters. The van der Waals surface area contributed by atoms with Crippen molar-refractivity contribution in [3.8, 4) is 0 Å². The molecule has 6 nitrogen and oxygen atoms in total. The molecule has 0 bridgehead atoms. The summed E-state index contributed by atoms with van der Waals surface area (Å²) in [5.41, 5.74) is 2.74. The van der Waals surface area contributed by atoms with Crippen LogP contribution in [0.15, 0.2) is 58.4 Å². The molecule has 3 rings (SSSR count). The topological polar surface area (TPSA) is 87.6 Å². The smallest absolute Gasteiger partial charge is 0.263 e. The van der Waals surface area contributed by atoms with E-state index < -0.39 is 10.0 Å². The van der Waals surface area contributed by atoms with E-state index in [2.05, 4.69) is 15.0 Å². The minimum absolute atomic E-state index is 0.0953. The normalized spacial score (nSPS) is 17.4. The summed E-state index contributed by atoms with van der Waals surface area (Å²) in [5.74, 6) is 0.166. The molecule has 2 aromatic rings. The number of rotatable bonds is 5. The lowest BCUT2D eigenvalue weighted by molar-refractivity contribution is -0.121. The van der Waals surface area contributed by atoms with Crippen LogP contribution in [0.2, 0.25) is 0 Å². The van der Waals surface area contributed by atoms with E-state index in [0.717, 1.165) is 11.1 Å². The van der Waals surface area contributed by atoms with Gasteiger partial charge in [-0.1, -0.05) is 36.4 Å². The van der Waals surface area contributed by atoms with Gasteiger partial charge >= 0.3 is 0 Å². The van der Waals surface area contributed by atoms with E-state index in [1.807, 2.05) is 38.1 Å². The van der Waals surface area contributed by atoms with Gasteiger partial charge in [-0.2, -0.15) is 0 Å².